The van der Waals surface area contributed by atoms with Crippen LogP contribution in [-0.2, 0) is 0 Å². The Morgan fingerprint density at radius 3 is 2.79 bits per heavy atom. The molecule has 1 aromatic rings. The number of phenolic OH excluding ortho intramolecular Hbond substituents is 1. The average molecular weight is 192 g/mol. The van der Waals surface area contributed by atoms with Gasteiger partial charge in [0.1, 0.15) is 5.75 Å². The predicted molar refractivity (Wildman–Crippen MR) is 59.1 cm³/mol. The van der Waals surface area contributed by atoms with E-state index in [4.69, 9.17) is 5.73 Å². The van der Waals surface area contributed by atoms with E-state index in [9.17, 15) is 5.11 Å². The van der Waals surface area contributed by atoms with E-state index in [0.29, 0.717) is 18.8 Å². The summed E-state index contributed by atoms with van der Waals surface area (Å²) in [6, 6.07) is 3.83. The molecule has 0 saturated carbocycles. The molecule has 0 unspecified atom stereocenters. The lowest BCUT2D eigenvalue weighted by atomic mass is 10.1. The zero-order valence-corrected chi connectivity index (χ0v) is 8.62. The fourth-order valence-electron chi connectivity index (χ4n) is 1.16. The second kappa shape index (κ2) is 4.77. The second-order valence-corrected chi connectivity index (χ2v) is 3.27. The fraction of sp³-hybridized carbons (Fsp3) is 0.364. The Kier molecular flexibility index (Phi) is 3.65. The van der Waals surface area contributed by atoms with E-state index in [1.54, 1.807) is 6.21 Å². The molecule has 0 fully saturated rings. The smallest absolute Gasteiger partial charge is 0.127 e. The van der Waals surface area contributed by atoms with Crippen molar-refractivity contribution in [3.05, 3.63) is 28.8 Å². The predicted octanol–water partition coefficient (Wildman–Crippen LogP) is 1.39. The zero-order valence-electron chi connectivity index (χ0n) is 8.62. The molecule has 0 heterocycles. The van der Waals surface area contributed by atoms with Crippen molar-refractivity contribution in [2.45, 2.75) is 13.8 Å². The van der Waals surface area contributed by atoms with E-state index in [0.717, 1.165) is 16.7 Å². The Balaban J connectivity index is 2.94. The molecule has 3 nitrogen and oxygen atoms in total. The van der Waals surface area contributed by atoms with Crippen molar-refractivity contribution in [3.8, 4) is 5.75 Å². The Labute approximate surface area is 84.3 Å². The van der Waals surface area contributed by atoms with Gasteiger partial charge in [0.2, 0.25) is 0 Å². The molecule has 1 rings (SSSR count). The van der Waals surface area contributed by atoms with Crippen LogP contribution in [0.3, 0.4) is 0 Å². The number of phenols is 1. The highest BCUT2D eigenvalue weighted by molar-refractivity contribution is 5.84. The molecule has 0 spiro atoms. The van der Waals surface area contributed by atoms with Gasteiger partial charge >= 0.3 is 0 Å². The van der Waals surface area contributed by atoms with Gasteiger partial charge in [0.25, 0.3) is 0 Å². The first-order valence-corrected chi connectivity index (χ1v) is 4.66. The molecule has 0 radical (unpaired) electrons. The molecular weight excluding hydrogens is 176 g/mol. The van der Waals surface area contributed by atoms with Crippen molar-refractivity contribution in [1.82, 2.24) is 0 Å². The largest absolute Gasteiger partial charge is 0.507 e. The summed E-state index contributed by atoms with van der Waals surface area (Å²) in [7, 11) is 0. The molecule has 0 aliphatic heterocycles. The molecule has 14 heavy (non-hydrogen) atoms. The van der Waals surface area contributed by atoms with Gasteiger partial charge in [0, 0.05) is 18.3 Å². The minimum Gasteiger partial charge on any atom is -0.507 e. The Morgan fingerprint density at radius 1 is 1.43 bits per heavy atom. The van der Waals surface area contributed by atoms with Gasteiger partial charge in [-0.2, -0.15) is 0 Å². The molecule has 76 valence electrons. The maximum atomic E-state index is 9.76. The van der Waals surface area contributed by atoms with Crippen LogP contribution in [0.25, 0.3) is 0 Å². The third-order valence-corrected chi connectivity index (χ3v) is 2.22. The van der Waals surface area contributed by atoms with Crippen LogP contribution in [-0.4, -0.2) is 24.4 Å². The first-order valence-electron chi connectivity index (χ1n) is 4.66. The monoisotopic (exact) mass is 192 g/mol. The van der Waals surface area contributed by atoms with Gasteiger partial charge in [-0.3, -0.25) is 4.99 Å². The summed E-state index contributed by atoms with van der Waals surface area (Å²) in [6.45, 7) is 4.98. The maximum Gasteiger partial charge on any atom is 0.127 e. The molecule has 0 aliphatic rings. The number of benzene rings is 1. The molecular formula is C11H16N2O. The number of aliphatic imine (C=N–C) groups is 1. The quantitative estimate of drug-likeness (QED) is 0.711. The van der Waals surface area contributed by atoms with Crippen molar-refractivity contribution in [1.29, 1.82) is 0 Å². The van der Waals surface area contributed by atoms with Crippen molar-refractivity contribution < 1.29 is 5.11 Å². The van der Waals surface area contributed by atoms with E-state index in [1.165, 1.54) is 0 Å². The van der Waals surface area contributed by atoms with Gasteiger partial charge < -0.3 is 10.8 Å². The number of aryl methyl sites for hydroxylation is 1. The second-order valence-electron chi connectivity index (χ2n) is 3.27. The third-order valence-electron chi connectivity index (χ3n) is 2.22. The van der Waals surface area contributed by atoms with Crippen molar-refractivity contribution >= 4 is 6.21 Å². The van der Waals surface area contributed by atoms with E-state index in [1.807, 2.05) is 26.0 Å². The van der Waals surface area contributed by atoms with Crippen molar-refractivity contribution in [2.75, 3.05) is 13.1 Å². The number of aromatic hydroxyl groups is 1. The van der Waals surface area contributed by atoms with Crippen LogP contribution in [0.5, 0.6) is 5.75 Å². The van der Waals surface area contributed by atoms with Crippen LogP contribution in [0.15, 0.2) is 17.1 Å². The SMILES string of the molecule is Cc1ccc(/C=N\CCN)c(O)c1C. The van der Waals surface area contributed by atoms with Crippen LogP contribution < -0.4 is 5.73 Å². The van der Waals surface area contributed by atoms with E-state index in [-0.39, 0.29) is 0 Å². The van der Waals surface area contributed by atoms with E-state index < -0.39 is 0 Å². The summed E-state index contributed by atoms with van der Waals surface area (Å²) >= 11 is 0. The van der Waals surface area contributed by atoms with Gasteiger partial charge in [-0.05, 0) is 31.0 Å². The van der Waals surface area contributed by atoms with Crippen LogP contribution in [0.2, 0.25) is 0 Å². The number of hydrogen-bond donors (Lipinski definition) is 2. The van der Waals surface area contributed by atoms with Gasteiger partial charge in [-0.1, -0.05) is 6.07 Å². The fourth-order valence-corrected chi connectivity index (χ4v) is 1.16. The third kappa shape index (κ3) is 2.33. The standard InChI is InChI=1S/C11H16N2O/c1-8-3-4-10(7-13-6-5-12)11(14)9(8)2/h3-4,7,14H,5-6,12H2,1-2H3/b13-7-. The summed E-state index contributed by atoms with van der Waals surface area (Å²) < 4.78 is 0. The van der Waals surface area contributed by atoms with Crippen LogP contribution in [0.1, 0.15) is 16.7 Å². The van der Waals surface area contributed by atoms with Gasteiger partial charge in [0.05, 0.1) is 6.54 Å². The zero-order chi connectivity index (χ0) is 10.6. The highest BCUT2D eigenvalue weighted by Crippen LogP contribution is 2.23. The van der Waals surface area contributed by atoms with Crippen molar-refractivity contribution in [2.24, 2.45) is 10.7 Å². The topological polar surface area (TPSA) is 58.6 Å². The molecule has 0 aliphatic carbocycles. The summed E-state index contributed by atoms with van der Waals surface area (Å²) in [4.78, 5) is 4.08. The molecule has 0 saturated heterocycles. The minimum absolute atomic E-state index is 0.311. The number of nitrogens with zero attached hydrogens (tertiary/aromatic N) is 1. The normalized spacial score (nSPS) is 11.1. The van der Waals surface area contributed by atoms with Crippen molar-refractivity contribution in [3.63, 3.8) is 0 Å². The lowest BCUT2D eigenvalue weighted by Crippen LogP contribution is -2.02. The first-order chi connectivity index (χ1) is 6.66. The molecule has 0 bridgehead atoms. The van der Waals surface area contributed by atoms with E-state index in [2.05, 4.69) is 4.99 Å². The van der Waals surface area contributed by atoms with Crippen LogP contribution in [0.4, 0.5) is 0 Å². The molecule has 1 aromatic carbocycles. The lowest BCUT2D eigenvalue weighted by Gasteiger charge is -2.05. The van der Waals surface area contributed by atoms with Gasteiger partial charge in [0.15, 0.2) is 0 Å². The summed E-state index contributed by atoms with van der Waals surface area (Å²) in [6.07, 6.45) is 1.66. The van der Waals surface area contributed by atoms with Gasteiger partial charge in [-0.15, -0.1) is 0 Å². The number of nitrogens with two attached hydrogens (primary N) is 1. The van der Waals surface area contributed by atoms with Gasteiger partial charge in [-0.25, -0.2) is 0 Å². The minimum atomic E-state index is 0.311. The summed E-state index contributed by atoms with van der Waals surface area (Å²) in [5.41, 5.74) is 8.05. The maximum absolute atomic E-state index is 9.76. The first kappa shape index (κ1) is 10.7. The molecule has 3 heteroatoms. The Morgan fingerprint density at radius 2 is 2.14 bits per heavy atom. The Bertz CT molecular complexity index is 345. The number of rotatable bonds is 3. The Hall–Kier alpha value is -1.35. The summed E-state index contributed by atoms with van der Waals surface area (Å²) in [5, 5.41) is 9.76. The summed E-state index contributed by atoms with van der Waals surface area (Å²) in [5.74, 6) is 0.311. The highest BCUT2D eigenvalue weighted by Gasteiger charge is 2.03. The van der Waals surface area contributed by atoms with E-state index >= 15 is 0 Å². The van der Waals surface area contributed by atoms with Crippen LogP contribution >= 0.6 is 0 Å². The lowest BCUT2D eigenvalue weighted by molar-refractivity contribution is 0.469. The number of hydrogen-bond acceptors (Lipinski definition) is 3. The molecule has 0 amide bonds. The van der Waals surface area contributed by atoms with Crippen LogP contribution in [0, 0.1) is 13.8 Å². The molecule has 0 aromatic heterocycles. The molecule has 3 N–H and O–H groups in total. The average Bonchev–Trinajstić information content (AvgIpc) is 2.18. The highest BCUT2D eigenvalue weighted by atomic mass is 16.3. The molecule has 0 atom stereocenters.